The molecular weight excluding hydrogens is 350 g/mol. The highest BCUT2D eigenvalue weighted by Crippen LogP contribution is 2.30. The zero-order valence-corrected chi connectivity index (χ0v) is 15.1. The summed E-state index contributed by atoms with van der Waals surface area (Å²) >= 11 is 0. The molecule has 2 aromatic carbocycles. The first-order chi connectivity index (χ1) is 13.0. The van der Waals surface area contributed by atoms with Gasteiger partial charge in [0.05, 0.1) is 17.5 Å². The number of carbonyl (C=O) groups excluding carboxylic acids is 1. The van der Waals surface area contributed by atoms with Crippen LogP contribution in [0.5, 0.6) is 11.5 Å². The maximum atomic E-state index is 12.4. The molecule has 27 heavy (non-hydrogen) atoms. The van der Waals surface area contributed by atoms with Gasteiger partial charge in [0, 0.05) is 19.2 Å². The summed E-state index contributed by atoms with van der Waals surface area (Å²) in [6.07, 6.45) is -0.287. The van der Waals surface area contributed by atoms with Crippen LogP contribution in [0.1, 0.15) is 18.5 Å². The van der Waals surface area contributed by atoms with Crippen LogP contribution in [0, 0.1) is 10.1 Å². The number of urea groups is 1. The molecule has 0 fully saturated rings. The van der Waals surface area contributed by atoms with E-state index in [9.17, 15) is 14.9 Å². The number of amides is 2. The average molecular weight is 371 g/mol. The summed E-state index contributed by atoms with van der Waals surface area (Å²) in [5, 5.41) is 13.8. The molecule has 8 heteroatoms. The molecule has 1 aliphatic rings. The van der Waals surface area contributed by atoms with Gasteiger partial charge in [-0.15, -0.1) is 0 Å². The average Bonchev–Trinajstić information content (AvgIpc) is 2.70. The molecule has 0 saturated heterocycles. The Kier molecular flexibility index (Phi) is 5.44. The Balaban J connectivity index is 1.56. The summed E-state index contributed by atoms with van der Waals surface area (Å²) < 4.78 is 11.4. The molecular formula is C19H21N3O5. The predicted molar refractivity (Wildman–Crippen MR) is 99.0 cm³/mol. The number of hydrogen-bond acceptors (Lipinski definition) is 5. The van der Waals surface area contributed by atoms with E-state index < -0.39 is 4.92 Å². The van der Waals surface area contributed by atoms with Crippen molar-refractivity contribution >= 4 is 11.7 Å². The maximum absolute atomic E-state index is 12.4. The lowest BCUT2D eigenvalue weighted by Crippen LogP contribution is -2.45. The minimum Gasteiger partial charge on any atom is -0.486 e. The molecule has 2 amide bonds. The Labute approximate surface area is 156 Å². The van der Waals surface area contributed by atoms with E-state index in [4.69, 9.17) is 9.47 Å². The van der Waals surface area contributed by atoms with Crippen molar-refractivity contribution in [3.8, 4) is 11.5 Å². The Morgan fingerprint density at radius 2 is 2.04 bits per heavy atom. The van der Waals surface area contributed by atoms with Crippen molar-refractivity contribution in [3.63, 3.8) is 0 Å². The van der Waals surface area contributed by atoms with Crippen LogP contribution in [0.4, 0.5) is 10.5 Å². The van der Waals surface area contributed by atoms with Gasteiger partial charge in [-0.25, -0.2) is 4.79 Å². The van der Waals surface area contributed by atoms with Gasteiger partial charge in [-0.1, -0.05) is 24.3 Å². The number of nitro benzene ring substituents is 1. The van der Waals surface area contributed by atoms with Crippen LogP contribution in [0.15, 0.2) is 48.5 Å². The standard InChI is InChI=1S/C19H21N3O5/c1-13(14-6-5-7-15(10-14)22(24)25)21(2)19(23)20-11-16-12-26-17-8-3-4-9-18(17)27-16/h3-10,13,16H,11-12H2,1-2H3,(H,20,23)/t13-,16-/m1/s1. The van der Waals surface area contributed by atoms with Crippen molar-refractivity contribution in [1.82, 2.24) is 10.2 Å². The predicted octanol–water partition coefficient (Wildman–Crippen LogP) is 3.14. The van der Waals surface area contributed by atoms with Gasteiger partial charge in [0.1, 0.15) is 6.61 Å². The first-order valence-electron chi connectivity index (χ1n) is 8.59. The van der Waals surface area contributed by atoms with E-state index in [0.29, 0.717) is 30.2 Å². The van der Waals surface area contributed by atoms with Crippen LogP contribution in [0.2, 0.25) is 0 Å². The molecule has 8 nitrogen and oxygen atoms in total. The molecule has 142 valence electrons. The fourth-order valence-electron chi connectivity index (χ4n) is 2.79. The lowest BCUT2D eigenvalue weighted by molar-refractivity contribution is -0.384. The largest absolute Gasteiger partial charge is 0.486 e. The number of fused-ring (bicyclic) bond motifs is 1. The zero-order chi connectivity index (χ0) is 19.4. The highest BCUT2D eigenvalue weighted by Gasteiger charge is 2.23. The van der Waals surface area contributed by atoms with Gasteiger partial charge in [-0.3, -0.25) is 10.1 Å². The summed E-state index contributed by atoms with van der Waals surface area (Å²) in [4.78, 5) is 24.4. The minimum atomic E-state index is -0.450. The van der Waals surface area contributed by atoms with Crippen molar-refractivity contribution in [2.45, 2.75) is 19.1 Å². The van der Waals surface area contributed by atoms with E-state index in [1.165, 1.54) is 17.0 Å². The number of carbonyl (C=O) groups is 1. The summed E-state index contributed by atoms with van der Waals surface area (Å²) in [6, 6.07) is 13.0. The SMILES string of the molecule is C[C@H](c1cccc([N+](=O)[O-])c1)N(C)C(=O)NC[C@@H]1COc2ccccc2O1. The molecule has 1 heterocycles. The monoisotopic (exact) mass is 371 g/mol. The topological polar surface area (TPSA) is 93.9 Å². The number of benzene rings is 2. The molecule has 0 radical (unpaired) electrons. The zero-order valence-electron chi connectivity index (χ0n) is 15.1. The van der Waals surface area contributed by atoms with E-state index >= 15 is 0 Å². The van der Waals surface area contributed by atoms with Gasteiger partial charge in [0.25, 0.3) is 5.69 Å². The molecule has 1 N–H and O–H groups in total. The van der Waals surface area contributed by atoms with Crippen molar-refractivity contribution in [3.05, 3.63) is 64.2 Å². The fraction of sp³-hybridized carbons (Fsp3) is 0.316. The highest BCUT2D eigenvalue weighted by atomic mass is 16.6. The number of ether oxygens (including phenoxy) is 2. The van der Waals surface area contributed by atoms with Crippen molar-refractivity contribution < 1.29 is 19.2 Å². The second kappa shape index (κ2) is 7.94. The molecule has 2 aromatic rings. The van der Waals surface area contributed by atoms with Gasteiger partial charge in [0.2, 0.25) is 0 Å². The molecule has 0 unspecified atom stereocenters. The smallest absolute Gasteiger partial charge is 0.317 e. The van der Waals surface area contributed by atoms with E-state index in [2.05, 4.69) is 5.32 Å². The number of hydrogen-bond donors (Lipinski definition) is 1. The number of nitro groups is 1. The maximum Gasteiger partial charge on any atom is 0.317 e. The third-order valence-corrected chi connectivity index (χ3v) is 4.51. The molecule has 0 aromatic heterocycles. The first kappa shape index (κ1) is 18.5. The Morgan fingerprint density at radius 3 is 2.78 bits per heavy atom. The minimum absolute atomic E-state index is 0.000391. The first-order valence-corrected chi connectivity index (χ1v) is 8.59. The van der Waals surface area contributed by atoms with Crippen molar-refractivity contribution in [1.29, 1.82) is 0 Å². The van der Waals surface area contributed by atoms with E-state index in [0.717, 1.165) is 0 Å². The van der Waals surface area contributed by atoms with Crippen LogP contribution in [-0.4, -0.2) is 42.2 Å². The van der Waals surface area contributed by atoms with Crippen LogP contribution >= 0.6 is 0 Å². The van der Waals surface area contributed by atoms with E-state index in [1.807, 2.05) is 31.2 Å². The van der Waals surface area contributed by atoms with Gasteiger partial charge in [-0.2, -0.15) is 0 Å². The molecule has 0 aliphatic carbocycles. The van der Waals surface area contributed by atoms with Crippen molar-refractivity contribution in [2.24, 2.45) is 0 Å². The quantitative estimate of drug-likeness (QED) is 0.644. The number of rotatable bonds is 5. The lowest BCUT2D eigenvalue weighted by Gasteiger charge is -2.29. The third-order valence-electron chi connectivity index (χ3n) is 4.51. The molecule has 0 saturated carbocycles. The van der Waals surface area contributed by atoms with Crippen LogP contribution in [0.25, 0.3) is 0 Å². The van der Waals surface area contributed by atoms with Crippen LogP contribution in [0.3, 0.4) is 0 Å². The molecule has 2 atom stereocenters. The second-order valence-electron chi connectivity index (χ2n) is 6.32. The second-order valence-corrected chi connectivity index (χ2v) is 6.32. The molecule has 0 spiro atoms. The molecule has 3 rings (SSSR count). The van der Waals surface area contributed by atoms with Gasteiger partial charge in [0.15, 0.2) is 17.6 Å². The number of nitrogens with one attached hydrogen (secondary N) is 1. The summed E-state index contributed by atoms with van der Waals surface area (Å²) in [5.74, 6) is 1.35. The third kappa shape index (κ3) is 4.28. The number of nitrogens with zero attached hydrogens (tertiary/aromatic N) is 2. The number of para-hydroxylation sites is 2. The normalized spacial score (nSPS) is 16.3. The Hall–Kier alpha value is -3.29. The summed E-state index contributed by atoms with van der Waals surface area (Å²) in [5.41, 5.74) is 0.688. The van der Waals surface area contributed by atoms with Crippen molar-refractivity contribution in [2.75, 3.05) is 20.2 Å². The molecule has 0 bridgehead atoms. The lowest BCUT2D eigenvalue weighted by atomic mass is 10.1. The van der Waals surface area contributed by atoms with Gasteiger partial charge < -0.3 is 19.7 Å². The molecule has 1 aliphatic heterocycles. The van der Waals surface area contributed by atoms with Crippen LogP contribution in [-0.2, 0) is 0 Å². The highest BCUT2D eigenvalue weighted by molar-refractivity contribution is 5.74. The van der Waals surface area contributed by atoms with E-state index in [1.54, 1.807) is 19.2 Å². The summed E-state index contributed by atoms with van der Waals surface area (Å²) in [7, 11) is 1.65. The van der Waals surface area contributed by atoms with Gasteiger partial charge in [-0.05, 0) is 24.6 Å². The Bertz CT molecular complexity index is 842. The van der Waals surface area contributed by atoms with Crippen LogP contribution < -0.4 is 14.8 Å². The number of non-ortho nitro benzene ring substituents is 1. The Morgan fingerprint density at radius 1 is 1.30 bits per heavy atom. The van der Waals surface area contributed by atoms with E-state index in [-0.39, 0.29) is 23.9 Å². The fourth-order valence-corrected chi connectivity index (χ4v) is 2.79. The summed E-state index contributed by atoms with van der Waals surface area (Å²) in [6.45, 7) is 2.45. The van der Waals surface area contributed by atoms with Gasteiger partial charge >= 0.3 is 6.03 Å².